The number of anilines is 2. The van der Waals surface area contributed by atoms with Gasteiger partial charge in [0.2, 0.25) is 5.91 Å². The molecule has 0 atom stereocenters. The zero-order valence-electron chi connectivity index (χ0n) is 12.3. The van der Waals surface area contributed by atoms with Gasteiger partial charge in [-0.15, -0.1) is 0 Å². The van der Waals surface area contributed by atoms with Crippen molar-refractivity contribution in [3.05, 3.63) is 30.0 Å². The lowest BCUT2D eigenvalue weighted by atomic mass is 10.1. The summed E-state index contributed by atoms with van der Waals surface area (Å²) >= 11 is 0. The van der Waals surface area contributed by atoms with Gasteiger partial charge in [0.25, 0.3) is 0 Å². The number of hydrogen-bond acceptors (Lipinski definition) is 4. The standard InChI is InChI=1S/C15H20N4O/c1-10-7-14(19(4)9-15(20)18(2)3)12-8-11(16)5-6-13(12)17-10/h5-8H,9,16H2,1-4H3. The highest BCUT2D eigenvalue weighted by Crippen LogP contribution is 2.27. The van der Waals surface area contributed by atoms with E-state index >= 15 is 0 Å². The maximum Gasteiger partial charge on any atom is 0.241 e. The summed E-state index contributed by atoms with van der Waals surface area (Å²) in [6.07, 6.45) is 0. The maximum absolute atomic E-state index is 11.9. The third-order valence-electron chi connectivity index (χ3n) is 3.22. The summed E-state index contributed by atoms with van der Waals surface area (Å²) in [6.45, 7) is 2.27. The monoisotopic (exact) mass is 272 g/mol. The Morgan fingerprint density at radius 1 is 1.25 bits per heavy atom. The van der Waals surface area contributed by atoms with Crippen molar-refractivity contribution in [2.24, 2.45) is 0 Å². The quantitative estimate of drug-likeness (QED) is 0.863. The fourth-order valence-corrected chi connectivity index (χ4v) is 2.10. The molecule has 106 valence electrons. The summed E-state index contributed by atoms with van der Waals surface area (Å²) in [4.78, 5) is 19.9. The summed E-state index contributed by atoms with van der Waals surface area (Å²) < 4.78 is 0. The summed E-state index contributed by atoms with van der Waals surface area (Å²) in [5.74, 6) is 0.0546. The third kappa shape index (κ3) is 2.82. The number of likely N-dealkylation sites (N-methyl/N-ethyl adjacent to an activating group) is 2. The van der Waals surface area contributed by atoms with Gasteiger partial charge in [0.1, 0.15) is 0 Å². The predicted octanol–water partition coefficient (Wildman–Crippen LogP) is 1.65. The number of nitrogens with zero attached hydrogens (tertiary/aromatic N) is 3. The summed E-state index contributed by atoms with van der Waals surface area (Å²) in [6, 6.07) is 7.62. The highest BCUT2D eigenvalue weighted by atomic mass is 16.2. The Balaban J connectivity index is 2.47. The van der Waals surface area contributed by atoms with Crippen LogP contribution in [0.5, 0.6) is 0 Å². The number of nitrogens with two attached hydrogens (primary N) is 1. The first-order valence-corrected chi connectivity index (χ1v) is 6.46. The van der Waals surface area contributed by atoms with Gasteiger partial charge in [-0.05, 0) is 31.2 Å². The molecule has 0 fully saturated rings. The van der Waals surface area contributed by atoms with E-state index in [0.717, 1.165) is 22.3 Å². The zero-order chi connectivity index (χ0) is 14.9. The average molecular weight is 272 g/mol. The predicted molar refractivity (Wildman–Crippen MR) is 82.9 cm³/mol. The second-order valence-corrected chi connectivity index (χ2v) is 5.20. The Labute approximate surface area is 119 Å². The second-order valence-electron chi connectivity index (χ2n) is 5.20. The normalized spacial score (nSPS) is 10.6. The zero-order valence-corrected chi connectivity index (χ0v) is 12.3. The van der Waals surface area contributed by atoms with E-state index in [9.17, 15) is 4.79 Å². The van der Waals surface area contributed by atoms with Gasteiger partial charge < -0.3 is 15.5 Å². The third-order valence-corrected chi connectivity index (χ3v) is 3.22. The van der Waals surface area contributed by atoms with Crippen molar-refractivity contribution in [3.8, 4) is 0 Å². The molecule has 0 aliphatic carbocycles. The van der Waals surface area contributed by atoms with E-state index in [1.807, 2.05) is 43.1 Å². The van der Waals surface area contributed by atoms with Crippen molar-refractivity contribution in [2.45, 2.75) is 6.92 Å². The molecule has 0 bridgehead atoms. The Bertz CT molecular complexity index is 652. The van der Waals surface area contributed by atoms with Crippen LogP contribution in [0.15, 0.2) is 24.3 Å². The molecular formula is C15H20N4O. The van der Waals surface area contributed by atoms with Crippen molar-refractivity contribution in [3.63, 3.8) is 0 Å². The van der Waals surface area contributed by atoms with E-state index in [1.165, 1.54) is 0 Å². The van der Waals surface area contributed by atoms with Crippen molar-refractivity contribution in [1.29, 1.82) is 0 Å². The minimum absolute atomic E-state index is 0.0546. The van der Waals surface area contributed by atoms with Crippen molar-refractivity contribution in [1.82, 2.24) is 9.88 Å². The van der Waals surface area contributed by atoms with Gasteiger partial charge in [0, 0.05) is 43.6 Å². The van der Waals surface area contributed by atoms with Gasteiger partial charge >= 0.3 is 0 Å². The molecule has 0 saturated carbocycles. The van der Waals surface area contributed by atoms with Gasteiger partial charge in [-0.2, -0.15) is 0 Å². The van der Waals surface area contributed by atoms with Gasteiger partial charge in [0.05, 0.1) is 12.1 Å². The minimum atomic E-state index is 0.0546. The lowest BCUT2D eigenvalue weighted by Crippen LogP contribution is -2.34. The molecule has 1 heterocycles. The first-order chi connectivity index (χ1) is 9.38. The van der Waals surface area contributed by atoms with Gasteiger partial charge in [-0.3, -0.25) is 9.78 Å². The number of nitrogen functional groups attached to an aromatic ring is 1. The van der Waals surface area contributed by atoms with Crippen LogP contribution in [0.2, 0.25) is 0 Å². The number of benzene rings is 1. The molecule has 20 heavy (non-hydrogen) atoms. The largest absolute Gasteiger partial charge is 0.399 e. The maximum atomic E-state index is 11.9. The van der Waals surface area contributed by atoms with Crippen LogP contribution in [0.1, 0.15) is 5.69 Å². The van der Waals surface area contributed by atoms with Crippen molar-refractivity contribution < 1.29 is 4.79 Å². The number of amides is 1. The molecule has 5 nitrogen and oxygen atoms in total. The fraction of sp³-hybridized carbons (Fsp3) is 0.333. The minimum Gasteiger partial charge on any atom is -0.399 e. The van der Waals surface area contributed by atoms with Gasteiger partial charge in [-0.25, -0.2) is 0 Å². The second kappa shape index (κ2) is 5.36. The van der Waals surface area contributed by atoms with Crippen molar-refractivity contribution in [2.75, 3.05) is 38.3 Å². The Morgan fingerprint density at radius 2 is 1.95 bits per heavy atom. The van der Waals surface area contributed by atoms with E-state index in [0.29, 0.717) is 12.2 Å². The number of carbonyl (C=O) groups excluding carboxylic acids is 1. The number of fused-ring (bicyclic) bond motifs is 1. The molecule has 0 unspecified atom stereocenters. The molecular weight excluding hydrogens is 252 g/mol. The average Bonchev–Trinajstić information content (AvgIpc) is 2.38. The number of pyridine rings is 1. The summed E-state index contributed by atoms with van der Waals surface area (Å²) in [5.41, 5.74) is 9.32. The molecule has 1 aromatic heterocycles. The SMILES string of the molecule is Cc1cc(N(C)CC(=O)N(C)C)c2cc(N)ccc2n1. The van der Waals surface area contributed by atoms with E-state index in [-0.39, 0.29) is 5.91 Å². The molecule has 2 rings (SSSR count). The number of carbonyl (C=O) groups is 1. The molecule has 0 aliphatic heterocycles. The van der Waals surface area contributed by atoms with Crippen LogP contribution in [0.3, 0.4) is 0 Å². The summed E-state index contributed by atoms with van der Waals surface area (Å²) in [5, 5.41) is 0.963. The van der Waals surface area contributed by atoms with Crippen LogP contribution in [0, 0.1) is 6.92 Å². The molecule has 1 amide bonds. The molecule has 5 heteroatoms. The molecule has 0 radical (unpaired) electrons. The number of aromatic nitrogens is 1. The first-order valence-electron chi connectivity index (χ1n) is 6.46. The molecule has 1 aromatic carbocycles. The lowest BCUT2D eigenvalue weighted by Gasteiger charge is -2.23. The van der Waals surface area contributed by atoms with E-state index in [1.54, 1.807) is 19.0 Å². The van der Waals surface area contributed by atoms with Crippen LogP contribution < -0.4 is 10.6 Å². The molecule has 0 saturated heterocycles. The van der Waals surface area contributed by atoms with Crippen LogP contribution in [0.4, 0.5) is 11.4 Å². The Kier molecular flexibility index (Phi) is 3.79. The smallest absolute Gasteiger partial charge is 0.241 e. The van der Waals surface area contributed by atoms with Gasteiger partial charge in [0.15, 0.2) is 0 Å². The van der Waals surface area contributed by atoms with Crippen LogP contribution in [0.25, 0.3) is 10.9 Å². The molecule has 0 spiro atoms. The van der Waals surface area contributed by atoms with Crippen molar-refractivity contribution >= 4 is 28.2 Å². The lowest BCUT2D eigenvalue weighted by molar-refractivity contribution is -0.127. The van der Waals surface area contributed by atoms with Crippen LogP contribution in [-0.2, 0) is 4.79 Å². The molecule has 0 aliphatic rings. The van der Waals surface area contributed by atoms with E-state index < -0.39 is 0 Å². The topological polar surface area (TPSA) is 62.5 Å². The number of aryl methyl sites for hydroxylation is 1. The Morgan fingerprint density at radius 3 is 2.60 bits per heavy atom. The Hall–Kier alpha value is -2.30. The molecule has 2 aromatic rings. The van der Waals surface area contributed by atoms with E-state index in [2.05, 4.69) is 4.98 Å². The highest BCUT2D eigenvalue weighted by Gasteiger charge is 2.13. The van der Waals surface area contributed by atoms with Crippen LogP contribution in [-0.4, -0.2) is 43.5 Å². The van der Waals surface area contributed by atoms with E-state index in [4.69, 9.17) is 5.73 Å². The number of hydrogen-bond donors (Lipinski definition) is 1. The van der Waals surface area contributed by atoms with Gasteiger partial charge in [-0.1, -0.05) is 0 Å². The molecule has 2 N–H and O–H groups in total. The fourth-order valence-electron chi connectivity index (χ4n) is 2.10. The number of rotatable bonds is 3. The highest BCUT2D eigenvalue weighted by molar-refractivity contribution is 5.95. The summed E-state index contributed by atoms with van der Waals surface area (Å²) in [7, 11) is 5.41. The van der Waals surface area contributed by atoms with Crippen LogP contribution >= 0.6 is 0 Å². The first kappa shape index (κ1) is 14.1.